The van der Waals surface area contributed by atoms with Crippen molar-refractivity contribution in [2.75, 3.05) is 6.61 Å². The second-order valence-corrected chi connectivity index (χ2v) is 3.63. The third kappa shape index (κ3) is 3.56. The number of halogens is 6. The highest BCUT2D eigenvalue weighted by Crippen LogP contribution is 2.35. The first-order valence-corrected chi connectivity index (χ1v) is 4.88. The van der Waals surface area contributed by atoms with Crippen LogP contribution in [-0.2, 0) is 0 Å². The molecule has 0 aliphatic heterocycles. The Bertz CT molecular complexity index is 427. The standard InChI is InChI=1S/C10H6ClF5O2/c11-8(17)6-1-3-7(4-2-6)18-5-9(12,13)10(14,15)16/h1-4H,5H2. The largest absolute Gasteiger partial charge is 0.487 e. The molecule has 1 rings (SSSR count). The normalized spacial score (nSPS) is 12.3. The molecule has 0 aliphatic rings. The van der Waals surface area contributed by atoms with Gasteiger partial charge in [0, 0.05) is 5.56 Å². The average molecular weight is 289 g/mol. The quantitative estimate of drug-likeness (QED) is 0.624. The lowest BCUT2D eigenvalue weighted by Gasteiger charge is -2.19. The van der Waals surface area contributed by atoms with Crippen molar-refractivity contribution >= 4 is 16.8 Å². The Labute approximate surface area is 103 Å². The van der Waals surface area contributed by atoms with Crippen molar-refractivity contribution in [1.29, 1.82) is 0 Å². The fourth-order valence-electron chi connectivity index (χ4n) is 0.938. The van der Waals surface area contributed by atoms with Gasteiger partial charge in [-0.2, -0.15) is 22.0 Å². The summed E-state index contributed by atoms with van der Waals surface area (Å²) in [6, 6.07) is 4.44. The fraction of sp³-hybridized carbons (Fsp3) is 0.300. The van der Waals surface area contributed by atoms with Crippen LogP contribution < -0.4 is 4.74 Å². The number of ether oxygens (including phenoxy) is 1. The molecule has 1 aromatic rings. The van der Waals surface area contributed by atoms with Gasteiger partial charge in [0.1, 0.15) is 5.75 Å². The zero-order valence-electron chi connectivity index (χ0n) is 8.60. The molecule has 0 unspecified atom stereocenters. The number of carbonyl (C=O) groups excluding carboxylic acids is 1. The van der Waals surface area contributed by atoms with Gasteiger partial charge >= 0.3 is 12.1 Å². The highest BCUT2D eigenvalue weighted by Gasteiger charge is 2.58. The van der Waals surface area contributed by atoms with Crippen molar-refractivity contribution in [3.05, 3.63) is 29.8 Å². The van der Waals surface area contributed by atoms with E-state index in [4.69, 9.17) is 11.6 Å². The van der Waals surface area contributed by atoms with E-state index in [9.17, 15) is 26.7 Å². The molecular weight excluding hydrogens is 283 g/mol. The first-order chi connectivity index (χ1) is 8.13. The molecule has 18 heavy (non-hydrogen) atoms. The van der Waals surface area contributed by atoms with Crippen molar-refractivity contribution in [2.45, 2.75) is 12.1 Å². The maximum absolute atomic E-state index is 12.5. The molecule has 0 bridgehead atoms. The van der Waals surface area contributed by atoms with Gasteiger partial charge in [0.2, 0.25) is 0 Å². The zero-order chi connectivity index (χ0) is 14.0. The van der Waals surface area contributed by atoms with E-state index < -0.39 is 23.9 Å². The maximum Gasteiger partial charge on any atom is 0.456 e. The van der Waals surface area contributed by atoms with Crippen molar-refractivity contribution in [1.82, 2.24) is 0 Å². The summed E-state index contributed by atoms with van der Waals surface area (Å²) >= 11 is 5.12. The summed E-state index contributed by atoms with van der Waals surface area (Å²) in [6.45, 7) is -1.83. The van der Waals surface area contributed by atoms with Crippen molar-refractivity contribution in [3.8, 4) is 5.75 Å². The van der Waals surface area contributed by atoms with E-state index in [1.165, 1.54) is 0 Å². The zero-order valence-corrected chi connectivity index (χ0v) is 9.36. The average Bonchev–Trinajstić information content (AvgIpc) is 2.25. The van der Waals surface area contributed by atoms with Crippen LogP contribution in [0.25, 0.3) is 0 Å². The van der Waals surface area contributed by atoms with E-state index in [1.807, 2.05) is 0 Å². The number of alkyl halides is 5. The second-order valence-electron chi connectivity index (χ2n) is 3.29. The van der Waals surface area contributed by atoms with Gasteiger partial charge in [-0.05, 0) is 35.9 Å². The molecule has 0 aromatic heterocycles. The van der Waals surface area contributed by atoms with Crippen LogP contribution in [0.2, 0.25) is 0 Å². The van der Waals surface area contributed by atoms with Gasteiger partial charge in [-0.25, -0.2) is 0 Å². The maximum atomic E-state index is 12.5. The third-order valence-electron chi connectivity index (χ3n) is 1.92. The molecule has 0 spiro atoms. The van der Waals surface area contributed by atoms with E-state index in [1.54, 1.807) is 0 Å². The molecule has 2 nitrogen and oxygen atoms in total. The van der Waals surface area contributed by atoms with Crippen molar-refractivity contribution < 1.29 is 31.5 Å². The van der Waals surface area contributed by atoms with Crippen LogP contribution in [0.4, 0.5) is 22.0 Å². The topological polar surface area (TPSA) is 26.3 Å². The van der Waals surface area contributed by atoms with Crippen LogP contribution in [0.5, 0.6) is 5.75 Å². The highest BCUT2D eigenvalue weighted by molar-refractivity contribution is 6.67. The molecule has 0 aliphatic carbocycles. The molecule has 0 amide bonds. The smallest absolute Gasteiger partial charge is 0.456 e. The molecular formula is C10H6ClF5O2. The fourth-order valence-corrected chi connectivity index (χ4v) is 1.06. The Morgan fingerprint density at radius 1 is 1.11 bits per heavy atom. The van der Waals surface area contributed by atoms with Crippen LogP contribution in [-0.4, -0.2) is 23.9 Å². The molecule has 100 valence electrons. The van der Waals surface area contributed by atoms with Crippen LogP contribution in [0, 0.1) is 0 Å². The Balaban J connectivity index is 2.67. The summed E-state index contributed by atoms with van der Waals surface area (Å²) in [4.78, 5) is 10.7. The van der Waals surface area contributed by atoms with Gasteiger partial charge in [-0.15, -0.1) is 0 Å². The minimum absolute atomic E-state index is 0.0756. The lowest BCUT2D eigenvalue weighted by Crippen LogP contribution is -2.41. The van der Waals surface area contributed by atoms with Gasteiger partial charge < -0.3 is 4.74 Å². The molecule has 0 atom stereocenters. The van der Waals surface area contributed by atoms with E-state index in [2.05, 4.69) is 4.74 Å². The van der Waals surface area contributed by atoms with E-state index in [0.717, 1.165) is 24.3 Å². The van der Waals surface area contributed by atoms with Gasteiger partial charge in [0.25, 0.3) is 5.24 Å². The van der Waals surface area contributed by atoms with Crippen molar-refractivity contribution in [3.63, 3.8) is 0 Å². The summed E-state index contributed by atoms with van der Waals surface area (Å²) in [7, 11) is 0. The number of rotatable bonds is 4. The summed E-state index contributed by atoms with van der Waals surface area (Å²) < 4.78 is 64.7. The molecule has 8 heteroatoms. The van der Waals surface area contributed by atoms with Gasteiger partial charge in [-0.1, -0.05) is 0 Å². The van der Waals surface area contributed by atoms with Gasteiger partial charge in [0.05, 0.1) is 0 Å². The first-order valence-electron chi connectivity index (χ1n) is 4.51. The Morgan fingerprint density at radius 3 is 2.00 bits per heavy atom. The molecule has 0 fully saturated rings. The molecule has 0 N–H and O–H groups in total. The molecule has 0 saturated carbocycles. The number of benzene rings is 1. The van der Waals surface area contributed by atoms with Gasteiger partial charge in [-0.3, -0.25) is 4.79 Å². The highest BCUT2D eigenvalue weighted by atomic mass is 35.5. The summed E-state index contributed by atoms with van der Waals surface area (Å²) in [5, 5.41) is -0.776. The van der Waals surface area contributed by atoms with E-state index in [-0.39, 0.29) is 11.3 Å². The lowest BCUT2D eigenvalue weighted by atomic mass is 10.2. The van der Waals surface area contributed by atoms with Crippen LogP contribution in [0.1, 0.15) is 10.4 Å². The number of hydrogen-bond acceptors (Lipinski definition) is 2. The van der Waals surface area contributed by atoms with Gasteiger partial charge in [0.15, 0.2) is 6.61 Å². The first kappa shape index (κ1) is 14.7. The predicted molar refractivity (Wildman–Crippen MR) is 53.1 cm³/mol. The SMILES string of the molecule is O=C(Cl)c1ccc(OCC(F)(F)C(F)(F)F)cc1. The van der Waals surface area contributed by atoms with Crippen LogP contribution in [0.15, 0.2) is 24.3 Å². The lowest BCUT2D eigenvalue weighted by molar-refractivity contribution is -0.290. The Morgan fingerprint density at radius 2 is 1.61 bits per heavy atom. The molecule has 0 radical (unpaired) electrons. The number of carbonyl (C=O) groups is 1. The van der Waals surface area contributed by atoms with E-state index in [0.29, 0.717) is 0 Å². The monoisotopic (exact) mass is 288 g/mol. The Kier molecular flexibility index (Phi) is 4.16. The number of hydrogen-bond donors (Lipinski definition) is 0. The molecule has 0 saturated heterocycles. The summed E-state index contributed by atoms with van der Waals surface area (Å²) in [5.41, 5.74) is 0.0756. The third-order valence-corrected chi connectivity index (χ3v) is 2.13. The summed E-state index contributed by atoms with van der Waals surface area (Å²) in [5.74, 6) is -5.16. The van der Waals surface area contributed by atoms with Crippen LogP contribution >= 0.6 is 11.6 Å². The second kappa shape index (κ2) is 5.09. The van der Waals surface area contributed by atoms with Crippen LogP contribution in [0.3, 0.4) is 0 Å². The minimum atomic E-state index is -5.67. The Hall–Kier alpha value is -1.37. The van der Waals surface area contributed by atoms with Crippen molar-refractivity contribution in [2.24, 2.45) is 0 Å². The summed E-state index contributed by atoms with van der Waals surface area (Å²) in [6.07, 6.45) is -5.67. The minimum Gasteiger partial charge on any atom is -0.487 e. The predicted octanol–water partition coefficient (Wildman–Crippen LogP) is 3.64. The van der Waals surface area contributed by atoms with E-state index >= 15 is 0 Å². The molecule has 0 heterocycles. The molecule has 1 aromatic carbocycles.